The number of piperidine rings is 2. The van der Waals surface area contributed by atoms with E-state index in [1.165, 1.54) is 44.5 Å². The van der Waals surface area contributed by atoms with Crippen LogP contribution in [0.1, 0.15) is 24.8 Å². The van der Waals surface area contributed by atoms with E-state index in [9.17, 15) is 0 Å². The van der Waals surface area contributed by atoms with E-state index in [4.69, 9.17) is 0 Å². The molecule has 16 heavy (non-hydrogen) atoms. The van der Waals surface area contributed by atoms with Crippen LogP contribution in [0.25, 0.3) is 0 Å². The van der Waals surface area contributed by atoms with Gasteiger partial charge in [-0.3, -0.25) is 4.90 Å². The van der Waals surface area contributed by atoms with Gasteiger partial charge < -0.3 is 5.32 Å². The number of thiophene rings is 1. The van der Waals surface area contributed by atoms with Gasteiger partial charge in [-0.25, -0.2) is 0 Å². The number of nitrogens with one attached hydrogen (secondary N) is 1. The van der Waals surface area contributed by atoms with Crippen LogP contribution in [0.5, 0.6) is 0 Å². The van der Waals surface area contributed by atoms with Crippen LogP contribution >= 0.6 is 11.3 Å². The number of fused-ring (bicyclic) bond motifs is 1. The fraction of sp³-hybridized carbons (Fsp3) is 0.692. The number of hydrogen-bond donors (Lipinski definition) is 1. The molecule has 3 rings (SSSR count). The lowest BCUT2D eigenvalue weighted by molar-refractivity contribution is 0.109. The lowest BCUT2D eigenvalue weighted by Gasteiger charge is -2.41. The zero-order valence-electron chi connectivity index (χ0n) is 9.69. The Balaban J connectivity index is 1.58. The van der Waals surface area contributed by atoms with E-state index < -0.39 is 0 Å². The van der Waals surface area contributed by atoms with Gasteiger partial charge in [0.25, 0.3) is 0 Å². The summed E-state index contributed by atoms with van der Waals surface area (Å²) in [5, 5.41) is 8.14. The van der Waals surface area contributed by atoms with E-state index >= 15 is 0 Å². The lowest BCUT2D eigenvalue weighted by atomic mass is 9.85. The van der Waals surface area contributed by atoms with E-state index in [2.05, 4.69) is 27.0 Å². The van der Waals surface area contributed by atoms with E-state index in [-0.39, 0.29) is 0 Å². The zero-order valence-corrected chi connectivity index (χ0v) is 10.5. The van der Waals surface area contributed by atoms with Crippen molar-refractivity contribution in [3.05, 3.63) is 22.4 Å². The largest absolute Gasteiger partial charge is 0.314 e. The summed E-state index contributed by atoms with van der Waals surface area (Å²) in [6.45, 7) is 4.97. The van der Waals surface area contributed by atoms with Gasteiger partial charge in [-0.1, -0.05) is 0 Å². The first-order valence-electron chi connectivity index (χ1n) is 6.38. The minimum absolute atomic E-state index is 0.812. The number of likely N-dealkylation sites (tertiary alicyclic amines) is 1. The predicted octanol–water partition coefficient (Wildman–Crippen LogP) is 2.32. The number of rotatable bonds is 2. The molecule has 2 fully saturated rings. The third-order valence-electron chi connectivity index (χ3n) is 3.96. The fourth-order valence-corrected chi connectivity index (χ4v) is 3.76. The molecule has 2 aliphatic rings. The molecule has 2 atom stereocenters. The highest BCUT2D eigenvalue weighted by Crippen LogP contribution is 2.25. The van der Waals surface area contributed by atoms with Gasteiger partial charge in [0.05, 0.1) is 0 Å². The van der Waals surface area contributed by atoms with Crippen LogP contribution in [0.3, 0.4) is 0 Å². The molecule has 0 saturated carbocycles. The minimum atomic E-state index is 0.812. The van der Waals surface area contributed by atoms with Gasteiger partial charge in [-0.2, -0.15) is 11.3 Å². The van der Waals surface area contributed by atoms with E-state index in [1.54, 1.807) is 0 Å². The fourth-order valence-electron chi connectivity index (χ4n) is 3.10. The monoisotopic (exact) mass is 236 g/mol. The first kappa shape index (κ1) is 10.8. The van der Waals surface area contributed by atoms with Crippen molar-refractivity contribution in [1.82, 2.24) is 10.2 Å². The third-order valence-corrected chi connectivity index (χ3v) is 4.69. The van der Waals surface area contributed by atoms with Crippen LogP contribution in [0.15, 0.2) is 16.8 Å². The second-order valence-corrected chi connectivity index (χ2v) is 5.90. The molecular weight excluding hydrogens is 216 g/mol. The van der Waals surface area contributed by atoms with Crippen molar-refractivity contribution < 1.29 is 0 Å². The maximum Gasteiger partial charge on any atom is 0.0242 e. The minimum Gasteiger partial charge on any atom is -0.314 e. The van der Waals surface area contributed by atoms with Gasteiger partial charge in [0, 0.05) is 19.1 Å². The Morgan fingerprint density at radius 3 is 3.31 bits per heavy atom. The predicted molar refractivity (Wildman–Crippen MR) is 68.7 cm³/mol. The van der Waals surface area contributed by atoms with Crippen LogP contribution in [-0.4, -0.2) is 30.6 Å². The molecule has 0 aromatic carbocycles. The summed E-state index contributed by atoms with van der Waals surface area (Å²) in [5.74, 6) is 0.904. The van der Waals surface area contributed by atoms with Gasteiger partial charge in [0.2, 0.25) is 0 Å². The molecule has 3 heterocycles. The molecule has 0 radical (unpaired) electrons. The highest BCUT2D eigenvalue weighted by molar-refractivity contribution is 7.07. The Kier molecular flexibility index (Phi) is 3.27. The molecule has 0 spiro atoms. The van der Waals surface area contributed by atoms with Crippen molar-refractivity contribution in [2.75, 3.05) is 19.6 Å². The molecule has 0 aliphatic carbocycles. The summed E-state index contributed by atoms with van der Waals surface area (Å²) in [6.07, 6.45) is 4.14. The molecule has 0 bridgehead atoms. The Bertz CT molecular complexity index is 323. The number of nitrogens with zero attached hydrogens (tertiary/aromatic N) is 1. The molecule has 1 aromatic rings. The number of hydrogen-bond acceptors (Lipinski definition) is 3. The second kappa shape index (κ2) is 4.86. The van der Waals surface area contributed by atoms with Crippen LogP contribution < -0.4 is 5.32 Å². The van der Waals surface area contributed by atoms with Crippen molar-refractivity contribution in [2.45, 2.75) is 31.8 Å². The average Bonchev–Trinajstić information content (AvgIpc) is 2.82. The molecule has 1 N–H and O–H groups in total. The van der Waals surface area contributed by atoms with Gasteiger partial charge in [-0.15, -0.1) is 0 Å². The van der Waals surface area contributed by atoms with E-state index in [0.717, 1.165) is 18.5 Å². The maximum absolute atomic E-state index is 3.68. The highest BCUT2D eigenvalue weighted by atomic mass is 32.1. The lowest BCUT2D eigenvalue weighted by Crippen LogP contribution is -2.51. The Hall–Kier alpha value is -0.380. The Morgan fingerprint density at radius 2 is 2.44 bits per heavy atom. The van der Waals surface area contributed by atoms with Crippen LogP contribution in [-0.2, 0) is 6.54 Å². The SMILES string of the molecule is c1cc(CN2CC[C@@H]3NCCC[C@@H]3C2)cs1. The van der Waals surface area contributed by atoms with E-state index in [0.29, 0.717) is 0 Å². The topological polar surface area (TPSA) is 15.3 Å². The van der Waals surface area contributed by atoms with Gasteiger partial charge in [0.1, 0.15) is 0 Å². The summed E-state index contributed by atoms with van der Waals surface area (Å²) in [4.78, 5) is 2.64. The Morgan fingerprint density at radius 1 is 1.44 bits per heavy atom. The molecule has 2 nitrogen and oxygen atoms in total. The quantitative estimate of drug-likeness (QED) is 0.848. The smallest absolute Gasteiger partial charge is 0.0242 e. The Labute approximate surface area is 102 Å². The van der Waals surface area contributed by atoms with E-state index in [1.807, 2.05) is 11.3 Å². The maximum atomic E-state index is 3.68. The molecule has 88 valence electrons. The molecule has 1 aromatic heterocycles. The molecule has 2 saturated heterocycles. The van der Waals surface area contributed by atoms with Gasteiger partial charge >= 0.3 is 0 Å². The molecular formula is C13H20N2S. The summed E-state index contributed by atoms with van der Waals surface area (Å²) in [5.41, 5.74) is 1.49. The van der Waals surface area contributed by atoms with Crippen LogP contribution in [0, 0.1) is 5.92 Å². The standard InChI is InChI=1S/C13H20N2S/c1-2-12-9-15(6-3-13(12)14-5-1)8-11-4-7-16-10-11/h4,7,10,12-14H,1-3,5-6,8-9H2/t12-,13+/m1/s1. The first-order chi connectivity index (χ1) is 7.92. The van der Waals surface area contributed by atoms with Crippen LogP contribution in [0.4, 0.5) is 0 Å². The van der Waals surface area contributed by atoms with Crippen LogP contribution in [0.2, 0.25) is 0 Å². The van der Waals surface area contributed by atoms with Crippen molar-refractivity contribution >= 4 is 11.3 Å². The molecule has 0 amide bonds. The summed E-state index contributed by atoms with van der Waals surface area (Å²) in [7, 11) is 0. The summed E-state index contributed by atoms with van der Waals surface area (Å²) in [6, 6.07) is 3.07. The second-order valence-electron chi connectivity index (χ2n) is 5.12. The van der Waals surface area contributed by atoms with Crippen molar-refractivity contribution in [2.24, 2.45) is 5.92 Å². The zero-order chi connectivity index (χ0) is 10.8. The van der Waals surface area contributed by atoms with Crippen molar-refractivity contribution in [3.63, 3.8) is 0 Å². The molecule has 3 heteroatoms. The third kappa shape index (κ3) is 2.31. The van der Waals surface area contributed by atoms with Gasteiger partial charge in [-0.05, 0) is 60.7 Å². The summed E-state index contributed by atoms with van der Waals surface area (Å²) < 4.78 is 0. The molecule has 2 aliphatic heterocycles. The van der Waals surface area contributed by atoms with Gasteiger partial charge in [0.15, 0.2) is 0 Å². The first-order valence-corrected chi connectivity index (χ1v) is 7.33. The average molecular weight is 236 g/mol. The highest BCUT2D eigenvalue weighted by Gasteiger charge is 2.30. The van der Waals surface area contributed by atoms with Crippen molar-refractivity contribution in [3.8, 4) is 0 Å². The van der Waals surface area contributed by atoms with Crippen molar-refractivity contribution in [1.29, 1.82) is 0 Å². The molecule has 0 unspecified atom stereocenters. The summed E-state index contributed by atoms with van der Waals surface area (Å²) >= 11 is 1.81. The normalized spacial score (nSPS) is 31.2.